The predicted octanol–water partition coefficient (Wildman–Crippen LogP) is 5.73. The first kappa shape index (κ1) is 21.6. The average molecular weight is 643 g/mol. The fourth-order valence-electron chi connectivity index (χ4n) is 2.44. The van der Waals surface area contributed by atoms with Crippen molar-refractivity contribution in [3.8, 4) is 5.75 Å². The van der Waals surface area contributed by atoms with Gasteiger partial charge in [0.15, 0.2) is 11.5 Å². The van der Waals surface area contributed by atoms with Gasteiger partial charge in [0, 0.05) is 21.4 Å². The maximum atomic E-state index is 12.8. The highest BCUT2D eigenvalue weighted by Gasteiger charge is 2.24. The summed E-state index contributed by atoms with van der Waals surface area (Å²) < 4.78 is 37.3. The van der Waals surface area contributed by atoms with Gasteiger partial charge in [0.2, 0.25) is 0 Å². The van der Waals surface area contributed by atoms with Crippen LogP contribution in [0.3, 0.4) is 0 Å². The molecule has 0 aliphatic heterocycles. The summed E-state index contributed by atoms with van der Waals surface area (Å²) in [5, 5.41) is 0.414. The van der Waals surface area contributed by atoms with E-state index in [2.05, 4.69) is 22.6 Å². The molecule has 28 heavy (non-hydrogen) atoms. The molecule has 0 amide bonds. The van der Waals surface area contributed by atoms with Crippen molar-refractivity contribution in [3.63, 3.8) is 0 Å². The van der Waals surface area contributed by atoms with E-state index in [1.54, 1.807) is 30.5 Å². The first-order valence-electron chi connectivity index (χ1n) is 8.01. The predicted molar refractivity (Wildman–Crippen MR) is 123 cm³/mol. The van der Waals surface area contributed by atoms with Crippen molar-refractivity contribution in [1.82, 2.24) is 0 Å². The topological polar surface area (TPSA) is 73.6 Å². The molecule has 0 N–H and O–H groups in total. The fourth-order valence-corrected chi connectivity index (χ4v) is 5.63. The lowest BCUT2D eigenvalue weighted by atomic mass is 10.0. The van der Waals surface area contributed by atoms with Gasteiger partial charge in [-0.15, -0.1) is 0 Å². The van der Waals surface area contributed by atoms with Crippen LogP contribution in [0.1, 0.15) is 22.5 Å². The van der Waals surface area contributed by atoms with Gasteiger partial charge in [-0.25, -0.2) is 0 Å². The van der Waals surface area contributed by atoms with Gasteiger partial charge < -0.3 is 8.60 Å². The van der Waals surface area contributed by atoms with Crippen molar-refractivity contribution in [1.29, 1.82) is 0 Å². The van der Waals surface area contributed by atoms with Gasteiger partial charge in [0.1, 0.15) is 10.7 Å². The fraction of sp³-hybridized carbons (Fsp3) is 0.105. The smallest absolute Gasteiger partial charge is 0.339 e. The molecule has 9 heteroatoms. The number of halogens is 3. The summed E-state index contributed by atoms with van der Waals surface area (Å²) in [5.74, 6) is 0.486. The van der Waals surface area contributed by atoms with Crippen LogP contribution >= 0.6 is 56.8 Å². The molecule has 5 nitrogen and oxygen atoms in total. The third kappa shape index (κ3) is 5.28. The van der Waals surface area contributed by atoms with Crippen molar-refractivity contribution in [2.45, 2.75) is 17.7 Å². The quantitative estimate of drug-likeness (QED) is 0.187. The molecule has 146 valence electrons. The molecule has 0 bridgehead atoms. The van der Waals surface area contributed by atoms with Crippen LogP contribution in [0.5, 0.6) is 5.75 Å². The normalized spacial score (nSPS) is 11.4. The van der Waals surface area contributed by atoms with E-state index >= 15 is 0 Å². The Hall–Kier alpha value is -1.11. The number of rotatable bonds is 7. The summed E-state index contributed by atoms with van der Waals surface area (Å²) in [6.07, 6.45) is 2.12. The SMILES string of the molecule is O=C(CCc1ccco1)c1cc(I)cc(I)c1OS(=O)(=O)c1ccc(Cl)cc1. The van der Waals surface area contributed by atoms with Gasteiger partial charge in [-0.1, -0.05) is 11.6 Å². The second-order valence-electron chi connectivity index (χ2n) is 5.76. The van der Waals surface area contributed by atoms with E-state index in [0.29, 0.717) is 20.8 Å². The zero-order valence-corrected chi connectivity index (χ0v) is 20.1. The molecule has 0 spiro atoms. The Kier molecular flexibility index (Phi) is 7.05. The third-order valence-corrected chi connectivity index (χ3v) is 6.69. The van der Waals surface area contributed by atoms with Gasteiger partial charge in [-0.3, -0.25) is 4.79 Å². The highest BCUT2D eigenvalue weighted by molar-refractivity contribution is 14.1. The van der Waals surface area contributed by atoms with Crippen LogP contribution in [0.4, 0.5) is 0 Å². The standard InChI is InChI=1S/C19H13ClI2O5S/c20-12-3-6-15(7-4-12)28(24,25)27-19-16(10-13(21)11-17(19)22)18(23)8-5-14-2-1-9-26-14/h1-4,6-7,9-11H,5,8H2. The van der Waals surface area contributed by atoms with E-state index in [-0.39, 0.29) is 28.4 Å². The average Bonchev–Trinajstić information content (AvgIpc) is 3.15. The van der Waals surface area contributed by atoms with E-state index in [1.165, 1.54) is 24.3 Å². The third-order valence-electron chi connectivity index (χ3n) is 3.78. The van der Waals surface area contributed by atoms with E-state index in [1.807, 2.05) is 22.6 Å². The van der Waals surface area contributed by atoms with E-state index in [4.69, 9.17) is 20.2 Å². The van der Waals surface area contributed by atoms with Crippen LogP contribution < -0.4 is 4.18 Å². The van der Waals surface area contributed by atoms with Crippen molar-refractivity contribution in [2.75, 3.05) is 0 Å². The molecule has 2 aromatic carbocycles. The maximum absolute atomic E-state index is 12.8. The van der Waals surface area contributed by atoms with Crippen LogP contribution in [0.25, 0.3) is 0 Å². The minimum absolute atomic E-state index is 0.0282. The highest BCUT2D eigenvalue weighted by Crippen LogP contribution is 2.32. The van der Waals surface area contributed by atoms with Gasteiger partial charge in [0.05, 0.1) is 15.4 Å². The second kappa shape index (κ2) is 9.14. The molecule has 0 radical (unpaired) electrons. The molecular weight excluding hydrogens is 630 g/mol. The lowest BCUT2D eigenvalue weighted by molar-refractivity contribution is 0.0979. The molecule has 0 aliphatic carbocycles. The first-order chi connectivity index (χ1) is 13.3. The number of carbonyl (C=O) groups is 1. The minimum Gasteiger partial charge on any atom is -0.469 e. The molecule has 0 unspecified atom stereocenters. The van der Waals surface area contributed by atoms with E-state index < -0.39 is 10.1 Å². The molecule has 0 atom stereocenters. The largest absolute Gasteiger partial charge is 0.469 e. The molecular formula is C19H13ClI2O5S. The van der Waals surface area contributed by atoms with Crippen LogP contribution in [0, 0.1) is 7.14 Å². The number of carbonyl (C=O) groups excluding carboxylic acids is 1. The lowest BCUT2D eigenvalue weighted by Crippen LogP contribution is -2.14. The Bertz CT molecular complexity index is 1090. The Morgan fingerprint density at radius 3 is 2.46 bits per heavy atom. The first-order valence-corrected chi connectivity index (χ1v) is 12.0. The molecule has 0 fully saturated rings. The Morgan fingerprint density at radius 2 is 1.82 bits per heavy atom. The number of benzene rings is 2. The molecule has 3 aromatic rings. The highest BCUT2D eigenvalue weighted by atomic mass is 127. The number of hydrogen-bond acceptors (Lipinski definition) is 5. The van der Waals surface area contributed by atoms with Gasteiger partial charge in [-0.2, -0.15) is 8.42 Å². The van der Waals surface area contributed by atoms with Crippen LogP contribution in [0.2, 0.25) is 5.02 Å². The summed E-state index contributed by atoms with van der Waals surface area (Å²) in [7, 11) is -4.12. The van der Waals surface area contributed by atoms with Crippen molar-refractivity contribution in [3.05, 3.63) is 78.3 Å². The summed E-state index contributed by atoms with van der Waals surface area (Å²) in [4.78, 5) is 12.8. The number of Topliss-reactive ketones (excluding diaryl/α,β-unsaturated/α-hetero) is 1. The zero-order valence-electron chi connectivity index (χ0n) is 14.2. The minimum atomic E-state index is -4.12. The number of furan rings is 1. The van der Waals surface area contributed by atoms with Gasteiger partial charge in [0.25, 0.3) is 0 Å². The Labute approximate surface area is 194 Å². The Balaban J connectivity index is 1.91. The monoisotopic (exact) mass is 642 g/mol. The van der Waals surface area contributed by atoms with Crippen LogP contribution in [-0.2, 0) is 16.5 Å². The molecule has 3 rings (SSSR count). The summed E-state index contributed by atoms with van der Waals surface area (Å²) in [6.45, 7) is 0. The van der Waals surface area contributed by atoms with Gasteiger partial charge >= 0.3 is 10.1 Å². The van der Waals surface area contributed by atoms with Gasteiger partial charge in [-0.05, 0) is 93.7 Å². The molecule has 1 aromatic heterocycles. The molecule has 0 aliphatic rings. The van der Waals surface area contributed by atoms with Crippen LogP contribution in [0.15, 0.2) is 64.1 Å². The number of ketones is 1. The summed E-state index contributed by atoms with van der Waals surface area (Å²) in [6, 6.07) is 12.6. The number of hydrogen-bond donors (Lipinski definition) is 0. The maximum Gasteiger partial charge on any atom is 0.339 e. The summed E-state index contributed by atoms with van der Waals surface area (Å²) >= 11 is 9.86. The van der Waals surface area contributed by atoms with Crippen molar-refractivity contribution in [2.24, 2.45) is 0 Å². The Morgan fingerprint density at radius 1 is 1.11 bits per heavy atom. The van der Waals surface area contributed by atoms with Crippen LogP contribution in [-0.4, -0.2) is 14.2 Å². The summed E-state index contributed by atoms with van der Waals surface area (Å²) in [5.41, 5.74) is 0.223. The van der Waals surface area contributed by atoms with E-state index in [0.717, 1.165) is 3.57 Å². The lowest BCUT2D eigenvalue weighted by Gasteiger charge is -2.13. The van der Waals surface area contributed by atoms with E-state index in [9.17, 15) is 13.2 Å². The van der Waals surface area contributed by atoms with Crippen molar-refractivity contribution >= 4 is 72.7 Å². The molecule has 0 saturated carbocycles. The molecule has 1 heterocycles. The number of aryl methyl sites for hydroxylation is 1. The van der Waals surface area contributed by atoms with Crippen molar-refractivity contribution < 1.29 is 21.8 Å². The molecule has 0 saturated heterocycles. The second-order valence-corrected chi connectivity index (χ2v) is 10.1. The zero-order chi connectivity index (χ0) is 20.3.